The summed E-state index contributed by atoms with van der Waals surface area (Å²) in [5.74, 6) is -1.90. The average Bonchev–Trinajstić information content (AvgIpc) is 3.11. The van der Waals surface area contributed by atoms with Crippen LogP contribution in [0.4, 0.5) is 4.39 Å². The molecule has 0 saturated carbocycles. The molecule has 1 aromatic heterocycles. The summed E-state index contributed by atoms with van der Waals surface area (Å²) in [5, 5.41) is 3.68. The molecule has 1 amide bonds. The normalized spacial score (nSPS) is 11.9. The second-order valence-electron chi connectivity index (χ2n) is 5.58. The maximum absolute atomic E-state index is 13.1. The molecule has 0 saturated heterocycles. The van der Waals surface area contributed by atoms with Crippen molar-refractivity contribution in [2.24, 2.45) is 0 Å². The van der Waals surface area contributed by atoms with E-state index in [9.17, 15) is 14.0 Å². The maximum atomic E-state index is 13.1. The van der Waals surface area contributed by atoms with Gasteiger partial charge in [0.05, 0.1) is 24.1 Å². The number of carbonyl (C=O) groups is 2. The number of para-hydroxylation sites is 1. The van der Waals surface area contributed by atoms with Gasteiger partial charge in [-0.25, -0.2) is 4.39 Å². The Labute approximate surface area is 143 Å². The molecule has 0 fully saturated rings. The van der Waals surface area contributed by atoms with Gasteiger partial charge in [0.2, 0.25) is 0 Å². The fourth-order valence-corrected chi connectivity index (χ4v) is 2.74. The molecule has 0 bridgehead atoms. The molecule has 5 nitrogen and oxygen atoms in total. The zero-order valence-corrected chi connectivity index (χ0v) is 13.6. The standard InChI is InChI=1S/C19H17FN2O3/c1-25-19(24)16(12-5-7-14(20)8-6-12)11-22-18(23)15-4-2-3-13-9-10-21-17(13)15/h2-10,16,21H,11H2,1H3,(H,22,23)/t16-/m0/s1. The number of halogens is 1. The Hall–Kier alpha value is -3.15. The van der Waals surface area contributed by atoms with E-state index in [0.29, 0.717) is 11.1 Å². The van der Waals surface area contributed by atoms with Gasteiger partial charge >= 0.3 is 5.97 Å². The summed E-state index contributed by atoms with van der Waals surface area (Å²) >= 11 is 0. The van der Waals surface area contributed by atoms with E-state index >= 15 is 0 Å². The summed E-state index contributed by atoms with van der Waals surface area (Å²) in [5.41, 5.74) is 1.80. The lowest BCUT2D eigenvalue weighted by molar-refractivity contribution is -0.142. The molecule has 25 heavy (non-hydrogen) atoms. The Bertz CT molecular complexity index is 902. The summed E-state index contributed by atoms with van der Waals surface area (Å²) < 4.78 is 17.9. The van der Waals surface area contributed by atoms with Crippen LogP contribution in [0.25, 0.3) is 10.9 Å². The lowest BCUT2D eigenvalue weighted by Crippen LogP contribution is -2.32. The molecule has 3 rings (SSSR count). The second kappa shape index (κ2) is 7.17. The molecule has 0 aliphatic rings. The van der Waals surface area contributed by atoms with E-state index in [2.05, 4.69) is 10.3 Å². The SMILES string of the molecule is COC(=O)[C@@H](CNC(=O)c1cccc2cc[nH]c12)c1ccc(F)cc1. The predicted octanol–water partition coefficient (Wildman–Crippen LogP) is 2.99. The number of nitrogens with one attached hydrogen (secondary N) is 2. The summed E-state index contributed by atoms with van der Waals surface area (Å²) in [7, 11) is 1.28. The molecule has 2 N–H and O–H groups in total. The molecule has 0 unspecified atom stereocenters. The van der Waals surface area contributed by atoms with Crippen LogP contribution in [0.2, 0.25) is 0 Å². The van der Waals surface area contributed by atoms with Crippen LogP contribution in [-0.2, 0) is 9.53 Å². The molecule has 0 aliphatic heterocycles. The highest BCUT2D eigenvalue weighted by molar-refractivity contribution is 6.05. The third-order valence-corrected chi connectivity index (χ3v) is 4.06. The van der Waals surface area contributed by atoms with E-state index in [-0.39, 0.29) is 12.5 Å². The van der Waals surface area contributed by atoms with E-state index in [1.807, 2.05) is 12.1 Å². The fraction of sp³-hybridized carbons (Fsp3) is 0.158. The van der Waals surface area contributed by atoms with Crippen molar-refractivity contribution in [3.8, 4) is 0 Å². The summed E-state index contributed by atoms with van der Waals surface area (Å²) in [6, 6.07) is 12.8. The van der Waals surface area contributed by atoms with Gasteiger partial charge in [-0.15, -0.1) is 0 Å². The Kier molecular flexibility index (Phi) is 4.79. The van der Waals surface area contributed by atoms with Gasteiger partial charge in [-0.1, -0.05) is 24.3 Å². The highest BCUT2D eigenvalue weighted by Crippen LogP contribution is 2.19. The van der Waals surface area contributed by atoms with Crippen molar-refractivity contribution >= 4 is 22.8 Å². The van der Waals surface area contributed by atoms with Crippen LogP contribution in [-0.4, -0.2) is 30.5 Å². The van der Waals surface area contributed by atoms with Crippen LogP contribution in [0.5, 0.6) is 0 Å². The molecular weight excluding hydrogens is 323 g/mol. The number of methoxy groups -OCH3 is 1. The van der Waals surface area contributed by atoms with Crippen LogP contribution >= 0.6 is 0 Å². The van der Waals surface area contributed by atoms with Gasteiger partial charge in [-0.3, -0.25) is 9.59 Å². The van der Waals surface area contributed by atoms with Crippen molar-refractivity contribution in [1.82, 2.24) is 10.3 Å². The summed E-state index contributed by atoms with van der Waals surface area (Å²) in [6.45, 7) is 0.0498. The number of benzene rings is 2. The molecule has 0 spiro atoms. The number of ether oxygens (including phenoxy) is 1. The quantitative estimate of drug-likeness (QED) is 0.702. The molecule has 128 valence electrons. The monoisotopic (exact) mass is 340 g/mol. The molecule has 2 aromatic carbocycles. The first-order chi connectivity index (χ1) is 12.1. The second-order valence-corrected chi connectivity index (χ2v) is 5.58. The molecule has 0 aliphatic carbocycles. The summed E-state index contributed by atoms with van der Waals surface area (Å²) in [6.07, 6.45) is 1.76. The largest absolute Gasteiger partial charge is 0.468 e. The van der Waals surface area contributed by atoms with Crippen molar-refractivity contribution < 1.29 is 18.7 Å². The van der Waals surface area contributed by atoms with Crippen molar-refractivity contribution in [2.75, 3.05) is 13.7 Å². The number of hydrogen-bond donors (Lipinski definition) is 2. The van der Waals surface area contributed by atoms with Crippen molar-refractivity contribution in [3.05, 3.63) is 71.7 Å². The lowest BCUT2D eigenvalue weighted by Gasteiger charge is -2.16. The molecule has 0 radical (unpaired) electrons. The molecule has 1 atom stereocenters. The smallest absolute Gasteiger partial charge is 0.314 e. The van der Waals surface area contributed by atoms with Gasteiger partial charge in [-0.2, -0.15) is 0 Å². The van der Waals surface area contributed by atoms with Crippen LogP contribution in [0.3, 0.4) is 0 Å². The number of carbonyl (C=O) groups excluding carboxylic acids is 2. The number of aromatic amines is 1. The number of aromatic nitrogens is 1. The van der Waals surface area contributed by atoms with Gasteiger partial charge in [-0.05, 0) is 29.8 Å². The van der Waals surface area contributed by atoms with Crippen LogP contribution in [0, 0.1) is 5.82 Å². The van der Waals surface area contributed by atoms with Gasteiger partial charge in [0, 0.05) is 18.1 Å². The predicted molar refractivity (Wildman–Crippen MR) is 91.8 cm³/mol. The first kappa shape index (κ1) is 16.7. The van der Waals surface area contributed by atoms with Crippen molar-refractivity contribution in [1.29, 1.82) is 0 Å². The van der Waals surface area contributed by atoms with Crippen LogP contribution < -0.4 is 5.32 Å². The van der Waals surface area contributed by atoms with E-state index < -0.39 is 17.7 Å². The number of H-pyrrole nitrogens is 1. The first-order valence-electron chi connectivity index (χ1n) is 7.77. The zero-order chi connectivity index (χ0) is 17.8. The first-order valence-corrected chi connectivity index (χ1v) is 7.77. The van der Waals surface area contributed by atoms with Gasteiger partial charge in [0.25, 0.3) is 5.91 Å². The van der Waals surface area contributed by atoms with Crippen LogP contribution in [0.1, 0.15) is 21.8 Å². The van der Waals surface area contributed by atoms with Crippen molar-refractivity contribution in [3.63, 3.8) is 0 Å². The number of amides is 1. The molecule has 3 aromatic rings. The zero-order valence-electron chi connectivity index (χ0n) is 13.6. The van der Waals surface area contributed by atoms with Crippen LogP contribution in [0.15, 0.2) is 54.7 Å². The van der Waals surface area contributed by atoms with Gasteiger partial charge in [0.15, 0.2) is 0 Å². The third-order valence-electron chi connectivity index (χ3n) is 4.06. The topological polar surface area (TPSA) is 71.2 Å². The third kappa shape index (κ3) is 3.52. The van der Waals surface area contributed by atoms with Gasteiger partial charge in [0.1, 0.15) is 5.82 Å². The average molecular weight is 340 g/mol. The molecular formula is C19H17FN2O3. The number of fused-ring (bicyclic) bond motifs is 1. The Balaban J connectivity index is 1.79. The Morgan fingerprint density at radius 2 is 1.92 bits per heavy atom. The number of esters is 1. The van der Waals surface area contributed by atoms with E-state index in [1.165, 1.54) is 31.4 Å². The number of rotatable bonds is 5. The Morgan fingerprint density at radius 3 is 2.64 bits per heavy atom. The summed E-state index contributed by atoms with van der Waals surface area (Å²) in [4.78, 5) is 27.6. The Morgan fingerprint density at radius 1 is 1.16 bits per heavy atom. The minimum atomic E-state index is -0.711. The molecule has 1 heterocycles. The maximum Gasteiger partial charge on any atom is 0.314 e. The highest BCUT2D eigenvalue weighted by Gasteiger charge is 2.23. The van der Waals surface area contributed by atoms with E-state index in [1.54, 1.807) is 18.3 Å². The highest BCUT2D eigenvalue weighted by atomic mass is 19.1. The van der Waals surface area contributed by atoms with Crippen molar-refractivity contribution in [2.45, 2.75) is 5.92 Å². The minimum Gasteiger partial charge on any atom is -0.468 e. The van der Waals surface area contributed by atoms with E-state index in [0.717, 1.165) is 10.9 Å². The lowest BCUT2D eigenvalue weighted by atomic mass is 9.99. The van der Waals surface area contributed by atoms with Gasteiger partial charge < -0.3 is 15.0 Å². The number of hydrogen-bond acceptors (Lipinski definition) is 3. The minimum absolute atomic E-state index is 0.0498. The fourth-order valence-electron chi connectivity index (χ4n) is 2.74. The molecule has 6 heteroatoms. The van der Waals surface area contributed by atoms with E-state index in [4.69, 9.17) is 4.74 Å².